The quantitative estimate of drug-likeness (QED) is 0.701. The lowest BCUT2D eigenvalue weighted by Gasteiger charge is -2.09. The van der Waals surface area contributed by atoms with Gasteiger partial charge in [-0.15, -0.1) is 0 Å². The summed E-state index contributed by atoms with van der Waals surface area (Å²) in [5, 5.41) is 0. The summed E-state index contributed by atoms with van der Waals surface area (Å²) in [5.41, 5.74) is 0.877. The van der Waals surface area contributed by atoms with Gasteiger partial charge >= 0.3 is 0 Å². The molecule has 0 aliphatic heterocycles. The van der Waals surface area contributed by atoms with Crippen molar-refractivity contribution >= 4 is 20.0 Å². The summed E-state index contributed by atoms with van der Waals surface area (Å²) in [6.07, 6.45) is 3.10. The Morgan fingerprint density at radius 3 is 2.52 bits per heavy atom. The second-order valence-electron chi connectivity index (χ2n) is 5.31. The normalized spacial score (nSPS) is 12.2. The summed E-state index contributed by atoms with van der Waals surface area (Å²) in [4.78, 5) is 3.76. The second-order valence-corrected chi connectivity index (χ2v) is 9.00. The van der Waals surface area contributed by atoms with Gasteiger partial charge in [0.15, 0.2) is 0 Å². The highest BCUT2D eigenvalue weighted by Crippen LogP contribution is 2.13. The molecule has 0 radical (unpaired) electrons. The van der Waals surface area contributed by atoms with Crippen LogP contribution in [0.3, 0.4) is 0 Å². The Kier molecular flexibility index (Phi) is 6.22. The van der Waals surface area contributed by atoms with Crippen molar-refractivity contribution in [3.8, 4) is 0 Å². The topological polar surface area (TPSA) is 105 Å². The van der Waals surface area contributed by atoms with Crippen LogP contribution in [-0.2, 0) is 26.6 Å². The molecule has 2 rings (SSSR count). The van der Waals surface area contributed by atoms with Crippen LogP contribution in [0.2, 0.25) is 0 Å². The van der Waals surface area contributed by atoms with Crippen molar-refractivity contribution in [2.24, 2.45) is 0 Å². The van der Waals surface area contributed by atoms with E-state index in [-0.39, 0.29) is 23.5 Å². The van der Waals surface area contributed by atoms with Crippen LogP contribution in [0.5, 0.6) is 0 Å². The molecule has 0 atom stereocenters. The Bertz CT molecular complexity index is 933. The molecule has 1 heterocycles. The summed E-state index contributed by atoms with van der Waals surface area (Å²) < 4.78 is 65.8. The van der Waals surface area contributed by atoms with Crippen molar-refractivity contribution in [1.29, 1.82) is 0 Å². The van der Waals surface area contributed by atoms with Crippen LogP contribution < -0.4 is 9.44 Å². The van der Waals surface area contributed by atoms with Gasteiger partial charge in [-0.3, -0.25) is 4.98 Å². The number of halogens is 1. The maximum Gasteiger partial charge on any atom is 0.240 e. The number of hydrogen-bond acceptors (Lipinski definition) is 5. The maximum absolute atomic E-state index is 13.2. The largest absolute Gasteiger partial charge is 0.264 e. The van der Waals surface area contributed by atoms with Gasteiger partial charge < -0.3 is 0 Å². The van der Waals surface area contributed by atoms with Crippen molar-refractivity contribution < 1.29 is 21.2 Å². The fourth-order valence-corrected chi connectivity index (χ4v) is 4.09. The summed E-state index contributed by atoms with van der Waals surface area (Å²) in [6.45, 7) is 1.21. The lowest BCUT2D eigenvalue weighted by Crippen LogP contribution is -2.34. The van der Waals surface area contributed by atoms with Crippen molar-refractivity contribution in [3.63, 3.8) is 0 Å². The van der Waals surface area contributed by atoms with Crippen LogP contribution in [0, 0.1) is 12.7 Å². The van der Waals surface area contributed by atoms with Crippen molar-refractivity contribution in [1.82, 2.24) is 14.4 Å². The van der Waals surface area contributed by atoms with E-state index >= 15 is 0 Å². The van der Waals surface area contributed by atoms with Gasteiger partial charge in [-0.1, -0.05) is 6.07 Å². The number of aryl methyl sites for hydroxylation is 1. The molecule has 0 bridgehead atoms. The molecule has 25 heavy (non-hydrogen) atoms. The molecular weight excluding hydrogens is 369 g/mol. The monoisotopic (exact) mass is 387 g/mol. The Morgan fingerprint density at radius 2 is 1.88 bits per heavy atom. The molecule has 1 aromatic carbocycles. The van der Waals surface area contributed by atoms with Gasteiger partial charge in [0.1, 0.15) is 5.82 Å². The minimum absolute atomic E-state index is 0.0695. The van der Waals surface area contributed by atoms with Gasteiger partial charge in [-0.25, -0.2) is 30.7 Å². The average Bonchev–Trinajstić information content (AvgIpc) is 2.56. The molecular formula is C15H18FN3O4S2. The molecule has 0 saturated carbocycles. The Labute approximate surface area is 146 Å². The first kappa shape index (κ1) is 19.4. The molecule has 0 unspecified atom stereocenters. The fraction of sp³-hybridized carbons (Fsp3) is 0.267. The molecule has 10 heteroatoms. The van der Waals surface area contributed by atoms with E-state index in [9.17, 15) is 21.2 Å². The van der Waals surface area contributed by atoms with E-state index in [4.69, 9.17) is 0 Å². The summed E-state index contributed by atoms with van der Waals surface area (Å²) in [6, 6.07) is 6.76. The lowest BCUT2D eigenvalue weighted by atomic mass is 10.2. The zero-order valence-corrected chi connectivity index (χ0v) is 15.1. The molecule has 0 aliphatic carbocycles. The molecule has 0 spiro atoms. The first-order valence-electron chi connectivity index (χ1n) is 7.32. The first-order valence-corrected chi connectivity index (χ1v) is 10.5. The SMILES string of the molecule is Cc1cc(S(=O)(=O)NCCS(=O)(=O)NCc2cccnc2)ccc1F. The van der Waals surface area contributed by atoms with Gasteiger partial charge in [-0.05, 0) is 42.3 Å². The highest BCUT2D eigenvalue weighted by Gasteiger charge is 2.17. The zero-order chi connectivity index (χ0) is 18.5. The fourth-order valence-electron chi connectivity index (χ4n) is 1.95. The molecule has 7 nitrogen and oxygen atoms in total. The number of rotatable bonds is 8. The van der Waals surface area contributed by atoms with Gasteiger partial charge in [0.05, 0.1) is 10.6 Å². The van der Waals surface area contributed by atoms with Crippen LogP contribution in [-0.4, -0.2) is 34.1 Å². The molecule has 0 saturated heterocycles. The van der Waals surface area contributed by atoms with Crippen LogP contribution in [0.1, 0.15) is 11.1 Å². The predicted molar refractivity (Wildman–Crippen MR) is 91.2 cm³/mol. The lowest BCUT2D eigenvalue weighted by molar-refractivity contribution is 0.574. The van der Waals surface area contributed by atoms with E-state index < -0.39 is 31.6 Å². The van der Waals surface area contributed by atoms with Crippen LogP contribution in [0.4, 0.5) is 4.39 Å². The number of aromatic nitrogens is 1. The number of hydrogen-bond donors (Lipinski definition) is 2. The Balaban J connectivity index is 1.90. The van der Waals surface area contributed by atoms with Gasteiger partial charge in [0.25, 0.3) is 0 Å². The number of nitrogens with zero attached hydrogens (tertiary/aromatic N) is 1. The van der Waals surface area contributed by atoms with E-state index in [1.54, 1.807) is 18.3 Å². The van der Waals surface area contributed by atoms with Gasteiger partial charge in [0, 0.05) is 25.5 Å². The van der Waals surface area contributed by atoms with Crippen molar-refractivity contribution in [3.05, 3.63) is 59.7 Å². The predicted octanol–water partition coefficient (Wildman–Crippen LogP) is 0.927. The smallest absolute Gasteiger partial charge is 0.240 e. The second kappa shape index (κ2) is 8.00. The Morgan fingerprint density at radius 1 is 1.12 bits per heavy atom. The van der Waals surface area contributed by atoms with Crippen molar-refractivity contribution in [2.45, 2.75) is 18.4 Å². The van der Waals surface area contributed by atoms with Crippen molar-refractivity contribution in [2.75, 3.05) is 12.3 Å². The molecule has 1 aromatic heterocycles. The minimum atomic E-state index is -3.91. The number of nitrogens with one attached hydrogen (secondary N) is 2. The average molecular weight is 387 g/mol. The summed E-state index contributed by atoms with van der Waals surface area (Å²) >= 11 is 0. The molecule has 2 N–H and O–H groups in total. The van der Waals surface area contributed by atoms with Crippen LogP contribution in [0.15, 0.2) is 47.6 Å². The Hall–Kier alpha value is -1.88. The number of benzene rings is 1. The third-order valence-corrected chi connectivity index (χ3v) is 6.11. The number of pyridine rings is 1. The standard InChI is InChI=1S/C15H18FN3O4S2/c1-12-9-14(4-5-15(12)16)25(22,23)18-7-8-24(20,21)19-11-13-3-2-6-17-10-13/h2-6,9-10,18-19H,7-8,11H2,1H3. The van der Waals surface area contributed by atoms with Crippen LogP contribution in [0.25, 0.3) is 0 Å². The molecule has 0 aliphatic rings. The van der Waals surface area contributed by atoms with Crippen LogP contribution >= 0.6 is 0 Å². The molecule has 136 valence electrons. The van der Waals surface area contributed by atoms with E-state index in [1.165, 1.54) is 19.2 Å². The highest BCUT2D eigenvalue weighted by molar-refractivity contribution is 7.90. The molecule has 0 fully saturated rings. The zero-order valence-electron chi connectivity index (χ0n) is 13.4. The van der Waals surface area contributed by atoms with E-state index in [0.717, 1.165) is 12.1 Å². The third-order valence-electron chi connectivity index (χ3n) is 3.32. The first-order chi connectivity index (χ1) is 11.7. The summed E-state index contributed by atoms with van der Waals surface area (Å²) in [7, 11) is -7.57. The highest BCUT2D eigenvalue weighted by atomic mass is 32.2. The maximum atomic E-state index is 13.2. The minimum Gasteiger partial charge on any atom is -0.264 e. The van der Waals surface area contributed by atoms with E-state index in [2.05, 4.69) is 14.4 Å². The van der Waals surface area contributed by atoms with Gasteiger partial charge in [-0.2, -0.15) is 0 Å². The summed E-state index contributed by atoms with van der Waals surface area (Å²) in [5.74, 6) is -0.937. The number of sulfonamides is 2. The van der Waals surface area contributed by atoms with Gasteiger partial charge in [0.2, 0.25) is 20.0 Å². The van der Waals surface area contributed by atoms with E-state index in [0.29, 0.717) is 5.56 Å². The van der Waals surface area contributed by atoms with E-state index in [1.807, 2.05) is 0 Å². The third kappa shape index (κ3) is 5.85. The molecule has 2 aromatic rings. The molecule has 0 amide bonds.